The van der Waals surface area contributed by atoms with Gasteiger partial charge in [0.25, 0.3) is 5.91 Å². The molecule has 0 radical (unpaired) electrons. The second kappa shape index (κ2) is 11.2. The number of anilines is 2. The van der Waals surface area contributed by atoms with Gasteiger partial charge >= 0.3 is 0 Å². The fourth-order valence-corrected chi connectivity index (χ4v) is 4.44. The number of nitrogens with one attached hydrogen (secondary N) is 2. The van der Waals surface area contributed by atoms with E-state index in [0.29, 0.717) is 29.5 Å². The van der Waals surface area contributed by atoms with E-state index in [-0.39, 0.29) is 15.6 Å². The molecule has 0 bridgehead atoms. The van der Waals surface area contributed by atoms with Crippen LogP contribution in [0.2, 0.25) is 10.0 Å². The van der Waals surface area contributed by atoms with Crippen LogP contribution >= 0.6 is 35.0 Å². The topological polar surface area (TPSA) is 93.4 Å². The van der Waals surface area contributed by atoms with E-state index in [9.17, 15) is 4.79 Å². The van der Waals surface area contributed by atoms with Crippen LogP contribution in [0.4, 0.5) is 11.4 Å². The number of benzene rings is 2. The number of rotatable bonds is 6. The Hall–Kier alpha value is -2.99. The van der Waals surface area contributed by atoms with Crippen LogP contribution in [0.5, 0.6) is 0 Å². The van der Waals surface area contributed by atoms with Crippen molar-refractivity contribution in [1.29, 1.82) is 5.26 Å². The van der Waals surface area contributed by atoms with Gasteiger partial charge in [0.2, 0.25) is 6.19 Å². The number of likely N-dealkylation sites (N-methyl/N-ethyl adjacent to an activating group) is 1. The third kappa shape index (κ3) is 5.69. The van der Waals surface area contributed by atoms with Crippen LogP contribution < -0.4 is 10.6 Å². The number of amidine groups is 1. The smallest absolute Gasteiger partial charge is 0.258 e. The standard InChI is InChI=1S/C23H22Cl2N6OS/c1-14-12-28-21-15(20(14)27-10-11-31(2)23(33-3)29-13-26)6-4-9-18(21)30-22(32)19-16(24)7-5-8-17(19)25/h4-9,12H,10-11H2,1-3H3,(H,27,28)(H,30,32). The number of hydrogen-bond acceptors (Lipinski definition) is 6. The van der Waals surface area contributed by atoms with Gasteiger partial charge in [-0.1, -0.05) is 53.2 Å². The molecule has 0 atom stereocenters. The molecule has 0 aliphatic rings. The third-order valence-corrected chi connectivity index (χ3v) is 6.33. The molecule has 0 fully saturated rings. The molecule has 0 unspecified atom stereocenters. The highest BCUT2D eigenvalue weighted by molar-refractivity contribution is 8.13. The predicted molar refractivity (Wildman–Crippen MR) is 139 cm³/mol. The zero-order chi connectivity index (χ0) is 24.0. The number of aromatic nitrogens is 1. The molecule has 1 heterocycles. The minimum absolute atomic E-state index is 0.218. The van der Waals surface area contributed by atoms with Gasteiger partial charge in [-0.05, 0) is 36.9 Å². The van der Waals surface area contributed by atoms with Crippen molar-refractivity contribution in [2.24, 2.45) is 4.99 Å². The molecule has 1 aromatic heterocycles. The largest absolute Gasteiger partial charge is 0.382 e. The van der Waals surface area contributed by atoms with Gasteiger partial charge in [0.15, 0.2) is 5.17 Å². The summed E-state index contributed by atoms with van der Waals surface area (Å²) < 4.78 is 0. The van der Waals surface area contributed by atoms with Gasteiger partial charge in [-0.15, -0.1) is 4.99 Å². The number of thioether (sulfide) groups is 1. The van der Waals surface area contributed by atoms with Crippen LogP contribution in [-0.4, -0.2) is 47.4 Å². The van der Waals surface area contributed by atoms with E-state index in [1.165, 1.54) is 11.8 Å². The van der Waals surface area contributed by atoms with Gasteiger partial charge in [-0.2, -0.15) is 5.26 Å². The first-order valence-electron chi connectivity index (χ1n) is 9.96. The molecule has 2 N–H and O–H groups in total. The lowest BCUT2D eigenvalue weighted by Gasteiger charge is -2.20. The molecule has 0 spiro atoms. The van der Waals surface area contributed by atoms with Crippen molar-refractivity contribution in [3.05, 3.63) is 63.8 Å². The fraction of sp³-hybridized carbons (Fsp3) is 0.217. The van der Waals surface area contributed by atoms with Crippen LogP contribution in [0.1, 0.15) is 15.9 Å². The van der Waals surface area contributed by atoms with Crippen molar-refractivity contribution in [2.75, 3.05) is 37.0 Å². The summed E-state index contributed by atoms with van der Waals surface area (Å²) in [6, 6.07) is 10.5. The average Bonchev–Trinajstić information content (AvgIpc) is 2.78. The number of nitrogens with zero attached hydrogens (tertiary/aromatic N) is 4. The quantitative estimate of drug-likeness (QED) is 0.258. The minimum Gasteiger partial charge on any atom is -0.382 e. The lowest BCUT2D eigenvalue weighted by atomic mass is 10.1. The molecule has 0 saturated heterocycles. The molecule has 7 nitrogen and oxygen atoms in total. The number of amides is 1. The Morgan fingerprint density at radius 3 is 2.61 bits per heavy atom. The van der Waals surface area contributed by atoms with Gasteiger partial charge in [0, 0.05) is 37.4 Å². The predicted octanol–water partition coefficient (Wildman–Crippen LogP) is 5.65. The number of nitriles is 1. The van der Waals surface area contributed by atoms with E-state index >= 15 is 0 Å². The molecule has 10 heteroatoms. The van der Waals surface area contributed by atoms with Crippen LogP contribution in [-0.2, 0) is 0 Å². The summed E-state index contributed by atoms with van der Waals surface area (Å²) in [5, 5.41) is 17.2. The zero-order valence-corrected chi connectivity index (χ0v) is 20.6. The Labute approximate surface area is 206 Å². The Morgan fingerprint density at radius 2 is 1.94 bits per heavy atom. The van der Waals surface area contributed by atoms with Crippen molar-refractivity contribution in [3.8, 4) is 6.19 Å². The van der Waals surface area contributed by atoms with Crippen LogP contribution in [0.25, 0.3) is 10.9 Å². The highest BCUT2D eigenvalue weighted by atomic mass is 35.5. The Balaban J connectivity index is 1.85. The van der Waals surface area contributed by atoms with Gasteiger partial charge in [0.1, 0.15) is 0 Å². The lowest BCUT2D eigenvalue weighted by Crippen LogP contribution is -2.29. The van der Waals surface area contributed by atoms with Crippen LogP contribution in [0, 0.1) is 18.4 Å². The third-order valence-electron chi connectivity index (χ3n) is 4.93. The summed E-state index contributed by atoms with van der Waals surface area (Å²) in [6.45, 7) is 3.23. The number of carbonyl (C=O) groups is 1. The van der Waals surface area contributed by atoms with Crippen molar-refractivity contribution < 1.29 is 4.79 Å². The molecule has 1 amide bonds. The summed E-state index contributed by atoms with van der Waals surface area (Å²) in [7, 11) is 1.89. The van der Waals surface area contributed by atoms with E-state index in [4.69, 9.17) is 28.5 Å². The van der Waals surface area contributed by atoms with E-state index < -0.39 is 5.91 Å². The fourth-order valence-electron chi connectivity index (χ4n) is 3.33. The van der Waals surface area contributed by atoms with Crippen LogP contribution in [0.15, 0.2) is 47.6 Å². The maximum absolute atomic E-state index is 12.9. The van der Waals surface area contributed by atoms with E-state index in [0.717, 1.165) is 16.6 Å². The molecular formula is C23H22Cl2N6OS. The van der Waals surface area contributed by atoms with Crippen molar-refractivity contribution in [1.82, 2.24) is 9.88 Å². The van der Waals surface area contributed by atoms with Crippen molar-refractivity contribution in [3.63, 3.8) is 0 Å². The molecule has 170 valence electrons. The number of aliphatic imine (C=N–C) groups is 1. The van der Waals surface area contributed by atoms with E-state index in [2.05, 4.69) is 20.6 Å². The molecule has 3 rings (SSSR count). The second-order valence-corrected chi connectivity index (χ2v) is 8.70. The summed E-state index contributed by atoms with van der Waals surface area (Å²) in [4.78, 5) is 23.2. The number of fused-ring (bicyclic) bond motifs is 1. The first kappa shape index (κ1) is 24.6. The number of halogens is 2. The summed E-state index contributed by atoms with van der Waals surface area (Å²) in [5.74, 6) is -0.405. The SMILES string of the molecule is CSC(=NC#N)N(C)CCNc1c(C)cnc2c(NC(=O)c3c(Cl)cccc3Cl)cccc12. The summed E-state index contributed by atoms with van der Waals surface area (Å²) in [6.07, 6.45) is 5.47. The first-order chi connectivity index (χ1) is 15.9. The molecular weight excluding hydrogens is 479 g/mol. The number of pyridine rings is 1. The molecule has 33 heavy (non-hydrogen) atoms. The van der Waals surface area contributed by atoms with Gasteiger partial charge in [-0.3, -0.25) is 9.78 Å². The lowest BCUT2D eigenvalue weighted by molar-refractivity contribution is 0.102. The molecule has 0 saturated carbocycles. The highest BCUT2D eigenvalue weighted by Gasteiger charge is 2.17. The zero-order valence-electron chi connectivity index (χ0n) is 18.3. The normalized spacial score (nSPS) is 11.2. The number of para-hydroxylation sites is 1. The van der Waals surface area contributed by atoms with Crippen molar-refractivity contribution >= 4 is 68.3 Å². The average molecular weight is 501 g/mol. The minimum atomic E-state index is -0.405. The Kier molecular flexibility index (Phi) is 8.39. The molecule has 3 aromatic rings. The highest BCUT2D eigenvalue weighted by Crippen LogP contribution is 2.31. The summed E-state index contributed by atoms with van der Waals surface area (Å²) in [5.41, 5.74) is 3.31. The number of carbonyl (C=O) groups excluding carboxylic acids is 1. The van der Waals surface area contributed by atoms with E-state index in [1.54, 1.807) is 30.5 Å². The molecule has 2 aromatic carbocycles. The van der Waals surface area contributed by atoms with E-state index in [1.807, 2.05) is 43.5 Å². The maximum Gasteiger partial charge on any atom is 0.258 e. The Morgan fingerprint density at radius 1 is 1.24 bits per heavy atom. The van der Waals surface area contributed by atoms with Gasteiger partial charge in [-0.25, -0.2) is 0 Å². The Bertz CT molecular complexity index is 1240. The van der Waals surface area contributed by atoms with Gasteiger partial charge in [0.05, 0.1) is 26.8 Å². The maximum atomic E-state index is 12.9. The first-order valence-corrected chi connectivity index (χ1v) is 11.9. The number of hydrogen-bond donors (Lipinski definition) is 2. The monoisotopic (exact) mass is 500 g/mol. The van der Waals surface area contributed by atoms with Gasteiger partial charge < -0.3 is 15.5 Å². The summed E-state index contributed by atoms with van der Waals surface area (Å²) >= 11 is 13.8. The molecule has 0 aliphatic carbocycles. The number of aryl methyl sites for hydroxylation is 1. The molecule has 0 aliphatic heterocycles. The van der Waals surface area contributed by atoms with Crippen molar-refractivity contribution in [2.45, 2.75) is 6.92 Å². The second-order valence-electron chi connectivity index (χ2n) is 7.12. The van der Waals surface area contributed by atoms with Crippen LogP contribution in [0.3, 0.4) is 0 Å².